The number of ether oxygens (including phenoxy) is 1. The van der Waals surface area contributed by atoms with E-state index >= 15 is 4.39 Å². The molecule has 1 N–H and O–H groups in total. The average molecular weight is 556 g/mol. The number of piperazine rings is 1. The van der Waals surface area contributed by atoms with Crippen molar-refractivity contribution < 1.29 is 27.5 Å². The summed E-state index contributed by atoms with van der Waals surface area (Å²) in [7, 11) is 2.02. The number of hydrogen-bond acceptors (Lipinski definition) is 6. The van der Waals surface area contributed by atoms with Gasteiger partial charge in [-0.15, -0.1) is 0 Å². The molecule has 1 saturated heterocycles. The minimum atomic E-state index is -3.01. The van der Waals surface area contributed by atoms with Gasteiger partial charge in [0.05, 0.1) is 18.0 Å². The van der Waals surface area contributed by atoms with E-state index in [0.29, 0.717) is 48.8 Å². The minimum absolute atomic E-state index is 0.146. The topological polar surface area (TPSA) is 87.1 Å². The van der Waals surface area contributed by atoms with Gasteiger partial charge in [0.25, 0.3) is 12.3 Å². The molecule has 1 aromatic heterocycles. The summed E-state index contributed by atoms with van der Waals surface area (Å²) in [6, 6.07) is 6.50. The number of carbonyl (C=O) groups excluding carboxylic acids is 2. The fourth-order valence-corrected chi connectivity index (χ4v) is 4.99. The molecule has 8 nitrogen and oxygen atoms in total. The number of rotatable bonds is 8. The maximum atomic E-state index is 15.6. The molecule has 0 radical (unpaired) electrons. The van der Waals surface area contributed by atoms with E-state index in [4.69, 9.17) is 4.74 Å². The van der Waals surface area contributed by atoms with Crippen LogP contribution >= 0.6 is 0 Å². The van der Waals surface area contributed by atoms with Gasteiger partial charge in [-0.2, -0.15) is 0 Å². The number of aliphatic imine (C=N–C) groups is 1. The van der Waals surface area contributed by atoms with Gasteiger partial charge in [-0.05, 0) is 57.9 Å². The number of dihydropyridines is 1. The van der Waals surface area contributed by atoms with Crippen LogP contribution < -0.4 is 15.0 Å². The first kappa shape index (κ1) is 27.8. The Morgan fingerprint density at radius 2 is 1.90 bits per heavy atom. The van der Waals surface area contributed by atoms with Crippen LogP contribution in [-0.4, -0.2) is 73.2 Å². The zero-order valence-electron chi connectivity index (χ0n) is 22.6. The number of nitrogens with one attached hydrogen (secondary N) is 1. The van der Waals surface area contributed by atoms with E-state index in [1.54, 1.807) is 12.1 Å². The number of likely N-dealkylation sites (N-methyl/N-ethyl adjacent to an activating group) is 1. The van der Waals surface area contributed by atoms with Crippen molar-refractivity contribution in [2.45, 2.75) is 45.2 Å². The van der Waals surface area contributed by atoms with Gasteiger partial charge in [0.1, 0.15) is 11.7 Å². The predicted octanol–water partition coefficient (Wildman–Crippen LogP) is 4.56. The summed E-state index contributed by atoms with van der Waals surface area (Å²) >= 11 is 0. The van der Waals surface area contributed by atoms with Crippen LogP contribution in [0.2, 0.25) is 0 Å². The Bertz CT molecular complexity index is 1330. The van der Waals surface area contributed by atoms with E-state index in [1.165, 1.54) is 18.3 Å². The molecule has 3 heterocycles. The fourth-order valence-electron chi connectivity index (χ4n) is 4.99. The molecular formula is C29H32F3N5O3. The van der Waals surface area contributed by atoms with Crippen molar-refractivity contribution in [3.63, 3.8) is 0 Å². The highest BCUT2D eigenvalue weighted by Gasteiger charge is 2.33. The van der Waals surface area contributed by atoms with Gasteiger partial charge < -0.3 is 15.0 Å². The van der Waals surface area contributed by atoms with E-state index in [9.17, 15) is 18.4 Å². The van der Waals surface area contributed by atoms with Crippen molar-refractivity contribution in [3.05, 3.63) is 47.9 Å². The third kappa shape index (κ3) is 6.04. The molecule has 212 valence electrons. The summed E-state index contributed by atoms with van der Waals surface area (Å²) in [5, 5.41) is 2.72. The van der Waals surface area contributed by atoms with Crippen LogP contribution in [0.1, 0.15) is 26.7 Å². The van der Waals surface area contributed by atoms with Crippen molar-refractivity contribution >= 4 is 29.4 Å². The molecule has 1 aromatic carbocycles. The smallest absolute Gasteiger partial charge is 0.269 e. The van der Waals surface area contributed by atoms with E-state index in [-0.39, 0.29) is 23.3 Å². The molecule has 2 aliphatic heterocycles. The molecule has 2 fully saturated rings. The second kappa shape index (κ2) is 11.4. The molecule has 0 bridgehead atoms. The number of carbonyl (C=O) groups is 2. The van der Waals surface area contributed by atoms with Gasteiger partial charge in [-0.1, -0.05) is 0 Å². The van der Waals surface area contributed by atoms with Crippen molar-refractivity contribution in [2.24, 2.45) is 16.8 Å². The molecule has 3 atom stereocenters. The summed E-state index contributed by atoms with van der Waals surface area (Å²) in [6.07, 6.45) is 2.39. The summed E-state index contributed by atoms with van der Waals surface area (Å²) < 4.78 is 48.7. The molecule has 40 heavy (non-hydrogen) atoms. The van der Waals surface area contributed by atoms with Crippen LogP contribution in [0.5, 0.6) is 5.88 Å². The molecular weight excluding hydrogens is 523 g/mol. The van der Waals surface area contributed by atoms with Gasteiger partial charge in [0, 0.05) is 66.4 Å². The highest BCUT2D eigenvalue weighted by atomic mass is 19.3. The normalized spacial score (nSPS) is 23.4. The first-order chi connectivity index (χ1) is 19.1. The number of halogens is 3. The zero-order chi connectivity index (χ0) is 28.6. The lowest BCUT2D eigenvalue weighted by Gasteiger charge is -2.44. The van der Waals surface area contributed by atoms with Crippen LogP contribution in [0.3, 0.4) is 0 Å². The van der Waals surface area contributed by atoms with Gasteiger partial charge in [-0.3, -0.25) is 14.5 Å². The summed E-state index contributed by atoms with van der Waals surface area (Å²) in [4.78, 5) is 36.9. The first-order valence-electron chi connectivity index (χ1n) is 13.4. The van der Waals surface area contributed by atoms with Crippen LogP contribution in [0.15, 0.2) is 47.1 Å². The Labute approximate surface area is 230 Å². The fraction of sp³-hybridized carbons (Fsp3) is 0.448. The maximum Gasteiger partial charge on any atom is 0.269 e. The Morgan fingerprint density at radius 3 is 2.52 bits per heavy atom. The lowest BCUT2D eigenvalue weighted by Crippen LogP contribution is -2.55. The lowest BCUT2D eigenvalue weighted by atomic mass is 9.96. The number of aromatic nitrogens is 1. The molecule has 3 aliphatic rings. The number of alkyl halides is 2. The second-order valence-electron chi connectivity index (χ2n) is 10.8. The number of pyridine rings is 1. The second-order valence-corrected chi connectivity index (χ2v) is 10.8. The highest BCUT2D eigenvalue weighted by molar-refractivity contribution is 6.11. The van der Waals surface area contributed by atoms with Gasteiger partial charge in [0.15, 0.2) is 0 Å². The average Bonchev–Trinajstić information content (AvgIpc) is 3.76. The summed E-state index contributed by atoms with van der Waals surface area (Å²) in [6.45, 7) is 5.84. The quantitative estimate of drug-likeness (QED) is 0.514. The van der Waals surface area contributed by atoms with Crippen molar-refractivity contribution in [1.29, 1.82) is 0 Å². The number of benzene rings is 1. The van der Waals surface area contributed by atoms with Crippen molar-refractivity contribution in [2.75, 3.05) is 37.0 Å². The standard InChI is InChI=1S/C29H32F3N5O3/c1-16-13-37(14-17(2)36(16)3)25-10-23(30)20(19-6-7-27(34-11-19)40-15-18-4-5-18)8-24(25)35-29(39)22-12-33-26(38)9-21(22)28(31)32/h6-12,16-18,22,28H,4-5,13-15H2,1-3H3,(H,35,39)/t16-,17+,22?. The first-order valence-corrected chi connectivity index (χ1v) is 13.4. The Hall–Kier alpha value is -3.73. The Morgan fingerprint density at radius 1 is 1.18 bits per heavy atom. The van der Waals surface area contributed by atoms with Crippen LogP contribution in [-0.2, 0) is 9.59 Å². The highest BCUT2D eigenvalue weighted by Crippen LogP contribution is 2.37. The SMILES string of the molecule is C[C@@H]1CN(c2cc(F)c(-c3ccc(OCC4CC4)nc3)cc2NC(=O)C2C=NC(=O)C=C2C(F)F)C[C@H](C)N1C. The van der Waals surface area contributed by atoms with E-state index in [0.717, 1.165) is 19.1 Å². The largest absolute Gasteiger partial charge is 0.477 e. The number of nitrogens with zero attached hydrogens (tertiary/aromatic N) is 4. The van der Waals surface area contributed by atoms with Crippen LogP contribution in [0, 0.1) is 17.7 Å². The number of amides is 2. The van der Waals surface area contributed by atoms with Crippen molar-refractivity contribution in [1.82, 2.24) is 9.88 Å². The van der Waals surface area contributed by atoms with Crippen molar-refractivity contribution in [3.8, 4) is 17.0 Å². The van der Waals surface area contributed by atoms with E-state index < -0.39 is 35.5 Å². The molecule has 1 aliphatic carbocycles. The molecule has 0 spiro atoms. The van der Waals surface area contributed by atoms with Gasteiger partial charge >= 0.3 is 0 Å². The molecule has 1 unspecified atom stereocenters. The van der Waals surface area contributed by atoms with Crippen LogP contribution in [0.4, 0.5) is 24.5 Å². The summed E-state index contributed by atoms with van der Waals surface area (Å²) in [5.74, 6) is -2.59. The van der Waals surface area contributed by atoms with Gasteiger partial charge in [0.2, 0.25) is 11.8 Å². The lowest BCUT2D eigenvalue weighted by molar-refractivity contribution is -0.117. The maximum absolute atomic E-state index is 15.6. The van der Waals surface area contributed by atoms with E-state index in [1.807, 2.05) is 11.9 Å². The predicted molar refractivity (Wildman–Crippen MR) is 146 cm³/mol. The van der Waals surface area contributed by atoms with E-state index in [2.05, 4.69) is 34.0 Å². The monoisotopic (exact) mass is 555 g/mol. The molecule has 2 aromatic rings. The summed E-state index contributed by atoms with van der Waals surface area (Å²) in [5.41, 5.74) is 0.724. The molecule has 1 saturated carbocycles. The van der Waals surface area contributed by atoms with Crippen LogP contribution in [0.25, 0.3) is 11.1 Å². The molecule has 2 amide bonds. The third-order valence-corrected chi connectivity index (χ3v) is 7.79. The Balaban J connectivity index is 1.48. The van der Waals surface area contributed by atoms with Gasteiger partial charge in [-0.25, -0.2) is 23.1 Å². The third-order valence-electron chi connectivity index (χ3n) is 7.79. The Kier molecular flexibility index (Phi) is 7.93. The zero-order valence-corrected chi connectivity index (χ0v) is 22.6. The number of anilines is 2. The molecule has 5 rings (SSSR count). The minimum Gasteiger partial charge on any atom is -0.477 e. The molecule has 11 heteroatoms. The number of hydrogen-bond donors (Lipinski definition) is 1.